The van der Waals surface area contributed by atoms with E-state index in [9.17, 15) is 0 Å². The van der Waals surface area contributed by atoms with Gasteiger partial charge in [0, 0.05) is 29.2 Å². The molecular formula is C23H22N8. The predicted molar refractivity (Wildman–Crippen MR) is 120 cm³/mol. The van der Waals surface area contributed by atoms with Crippen LogP contribution in [0.2, 0.25) is 0 Å². The van der Waals surface area contributed by atoms with Crippen molar-refractivity contribution in [2.75, 3.05) is 5.32 Å². The summed E-state index contributed by atoms with van der Waals surface area (Å²) in [5, 5.41) is 7.57. The molecule has 0 bridgehead atoms. The molecule has 31 heavy (non-hydrogen) atoms. The molecule has 3 aromatic heterocycles. The third kappa shape index (κ3) is 3.52. The number of hydrogen-bond donors (Lipinski definition) is 1. The Labute approximate surface area is 179 Å². The molecule has 0 unspecified atom stereocenters. The zero-order valence-corrected chi connectivity index (χ0v) is 17.6. The van der Waals surface area contributed by atoms with Crippen LogP contribution in [0.3, 0.4) is 0 Å². The molecule has 0 radical (unpaired) electrons. The maximum atomic E-state index is 5.04. The number of nitrogens with zero attached hydrogens (tertiary/aromatic N) is 7. The quantitative estimate of drug-likeness (QED) is 0.467. The van der Waals surface area contributed by atoms with Crippen LogP contribution in [0.4, 0.5) is 11.6 Å². The van der Waals surface area contributed by atoms with Gasteiger partial charge in [-0.2, -0.15) is 5.10 Å². The van der Waals surface area contributed by atoms with Gasteiger partial charge in [-0.05, 0) is 57.2 Å². The standard InChI is InChI=1S/C23H22N8/c1-23(2,3)31-20-10-9-16(28-22-25-11-6-12-26-22)13-18(20)29-21(31)17-7-4-5-8-19(17)30-15-24-14-27-30/h4-15H,1-3H3,(H,25,26,28). The summed E-state index contributed by atoms with van der Waals surface area (Å²) >= 11 is 0. The van der Waals surface area contributed by atoms with Gasteiger partial charge in [0.1, 0.15) is 18.5 Å². The first-order valence-corrected chi connectivity index (χ1v) is 10.0. The van der Waals surface area contributed by atoms with E-state index in [0.29, 0.717) is 5.95 Å². The molecule has 0 aliphatic rings. The number of benzene rings is 2. The number of rotatable bonds is 4. The molecule has 2 aromatic carbocycles. The van der Waals surface area contributed by atoms with E-state index in [0.717, 1.165) is 33.8 Å². The van der Waals surface area contributed by atoms with Crippen LogP contribution in [0.1, 0.15) is 20.8 Å². The average molecular weight is 410 g/mol. The molecule has 0 saturated heterocycles. The van der Waals surface area contributed by atoms with E-state index < -0.39 is 0 Å². The average Bonchev–Trinajstić information content (AvgIpc) is 3.42. The highest BCUT2D eigenvalue weighted by molar-refractivity contribution is 5.86. The fourth-order valence-corrected chi connectivity index (χ4v) is 3.71. The van der Waals surface area contributed by atoms with Crippen molar-refractivity contribution < 1.29 is 0 Å². The molecule has 0 spiro atoms. The van der Waals surface area contributed by atoms with Gasteiger partial charge in [-0.1, -0.05) is 12.1 Å². The molecule has 5 aromatic rings. The fourth-order valence-electron chi connectivity index (χ4n) is 3.71. The minimum absolute atomic E-state index is 0.183. The van der Waals surface area contributed by atoms with Crippen LogP contribution in [0, 0.1) is 0 Å². The van der Waals surface area contributed by atoms with Crippen LogP contribution >= 0.6 is 0 Å². The largest absolute Gasteiger partial charge is 0.324 e. The normalized spacial score (nSPS) is 11.7. The van der Waals surface area contributed by atoms with E-state index in [1.54, 1.807) is 29.5 Å². The zero-order valence-electron chi connectivity index (χ0n) is 17.6. The first kappa shape index (κ1) is 18.9. The summed E-state index contributed by atoms with van der Waals surface area (Å²) < 4.78 is 4.03. The summed E-state index contributed by atoms with van der Waals surface area (Å²) in [6.07, 6.45) is 6.65. The van der Waals surface area contributed by atoms with Gasteiger partial charge in [0.2, 0.25) is 5.95 Å². The van der Waals surface area contributed by atoms with Crippen molar-refractivity contribution in [3.05, 3.63) is 73.6 Å². The predicted octanol–water partition coefficient (Wildman–Crippen LogP) is 4.57. The van der Waals surface area contributed by atoms with Crippen molar-refractivity contribution in [2.24, 2.45) is 0 Å². The molecule has 0 amide bonds. The number of aromatic nitrogens is 7. The van der Waals surface area contributed by atoms with Gasteiger partial charge in [-0.3, -0.25) is 0 Å². The van der Waals surface area contributed by atoms with Crippen molar-refractivity contribution in [3.63, 3.8) is 0 Å². The molecule has 0 fully saturated rings. The van der Waals surface area contributed by atoms with Crippen molar-refractivity contribution >= 4 is 22.7 Å². The van der Waals surface area contributed by atoms with Gasteiger partial charge in [-0.15, -0.1) is 0 Å². The van der Waals surface area contributed by atoms with Crippen molar-refractivity contribution in [1.82, 2.24) is 34.3 Å². The van der Waals surface area contributed by atoms with E-state index in [1.165, 1.54) is 6.33 Å². The van der Waals surface area contributed by atoms with Gasteiger partial charge in [-0.25, -0.2) is 24.6 Å². The van der Waals surface area contributed by atoms with E-state index in [2.05, 4.69) is 62.8 Å². The van der Waals surface area contributed by atoms with E-state index in [-0.39, 0.29) is 5.54 Å². The number of para-hydroxylation sites is 1. The van der Waals surface area contributed by atoms with Crippen LogP contribution in [0.5, 0.6) is 0 Å². The maximum Gasteiger partial charge on any atom is 0.227 e. The lowest BCUT2D eigenvalue weighted by Crippen LogP contribution is -2.23. The number of imidazole rings is 1. The molecule has 0 aliphatic heterocycles. The first-order valence-electron chi connectivity index (χ1n) is 10.0. The van der Waals surface area contributed by atoms with E-state index >= 15 is 0 Å². The number of hydrogen-bond acceptors (Lipinski definition) is 6. The zero-order chi connectivity index (χ0) is 21.4. The lowest BCUT2D eigenvalue weighted by atomic mass is 10.1. The Morgan fingerprint density at radius 1 is 0.935 bits per heavy atom. The van der Waals surface area contributed by atoms with Crippen LogP contribution in [0.25, 0.3) is 28.1 Å². The summed E-state index contributed by atoms with van der Waals surface area (Å²) in [6, 6.07) is 16.0. The van der Waals surface area contributed by atoms with Gasteiger partial charge in [0.25, 0.3) is 0 Å². The molecule has 1 N–H and O–H groups in total. The third-order valence-electron chi connectivity index (χ3n) is 4.96. The third-order valence-corrected chi connectivity index (χ3v) is 4.96. The minimum Gasteiger partial charge on any atom is -0.324 e. The Bertz CT molecular complexity index is 1330. The van der Waals surface area contributed by atoms with Gasteiger partial charge in [0.15, 0.2) is 0 Å². The van der Waals surface area contributed by atoms with Crippen LogP contribution in [0.15, 0.2) is 73.6 Å². The molecule has 154 valence electrons. The van der Waals surface area contributed by atoms with E-state index in [1.807, 2.05) is 30.3 Å². The number of anilines is 2. The second-order valence-electron chi connectivity index (χ2n) is 8.20. The summed E-state index contributed by atoms with van der Waals surface area (Å²) in [6.45, 7) is 6.54. The number of fused-ring (bicyclic) bond motifs is 1. The fraction of sp³-hybridized carbons (Fsp3) is 0.174. The SMILES string of the molecule is CC(C)(C)n1c(-c2ccccc2-n2cncn2)nc2cc(Nc3ncccn3)ccc21. The molecule has 0 atom stereocenters. The molecule has 0 saturated carbocycles. The summed E-state index contributed by atoms with van der Waals surface area (Å²) in [4.78, 5) is 17.6. The molecule has 8 heteroatoms. The second-order valence-corrected chi connectivity index (χ2v) is 8.20. The summed E-state index contributed by atoms with van der Waals surface area (Å²) in [5.41, 5.74) is 4.55. The van der Waals surface area contributed by atoms with Gasteiger partial charge < -0.3 is 9.88 Å². The molecular weight excluding hydrogens is 388 g/mol. The Balaban J connectivity index is 1.68. The highest BCUT2D eigenvalue weighted by atomic mass is 15.3. The highest BCUT2D eigenvalue weighted by Gasteiger charge is 2.24. The second kappa shape index (κ2) is 7.32. The molecule has 0 aliphatic carbocycles. The Morgan fingerprint density at radius 2 is 1.74 bits per heavy atom. The first-order chi connectivity index (χ1) is 15.0. The maximum absolute atomic E-state index is 5.04. The Hall–Kier alpha value is -4.07. The van der Waals surface area contributed by atoms with Gasteiger partial charge in [0.05, 0.1) is 16.7 Å². The molecule has 8 nitrogen and oxygen atoms in total. The van der Waals surface area contributed by atoms with Crippen molar-refractivity contribution in [3.8, 4) is 17.1 Å². The van der Waals surface area contributed by atoms with Crippen LogP contribution in [-0.4, -0.2) is 34.3 Å². The lowest BCUT2D eigenvalue weighted by molar-refractivity contribution is 0.413. The summed E-state index contributed by atoms with van der Waals surface area (Å²) in [7, 11) is 0. The lowest BCUT2D eigenvalue weighted by Gasteiger charge is -2.25. The van der Waals surface area contributed by atoms with Crippen molar-refractivity contribution in [1.29, 1.82) is 0 Å². The highest BCUT2D eigenvalue weighted by Crippen LogP contribution is 2.35. The van der Waals surface area contributed by atoms with Crippen LogP contribution in [-0.2, 0) is 5.54 Å². The van der Waals surface area contributed by atoms with E-state index in [4.69, 9.17) is 4.98 Å². The topological polar surface area (TPSA) is 86.3 Å². The van der Waals surface area contributed by atoms with Crippen molar-refractivity contribution in [2.45, 2.75) is 26.3 Å². The summed E-state index contributed by atoms with van der Waals surface area (Å²) in [5.74, 6) is 1.43. The Morgan fingerprint density at radius 3 is 2.48 bits per heavy atom. The smallest absolute Gasteiger partial charge is 0.227 e. The number of nitrogens with one attached hydrogen (secondary N) is 1. The molecule has 5 rings (SSSR count). The Kier molecular flexibility index (Phi) is 4.47. The molecule has 3 heterocycles. The monoisotopic (exact) mass is 410 g/mol. The van der Waals surface area contributed by atoms with Crippen LogP contribution < -0.4 is 5.32 Å². The minimum atomic E-state index is -0.183. The van der Waals surface area contributed by atoms with Gasteiger partial charge >= 0.3 is 0 Å².